The van der Waals surface area contributed by atoms with E-state index in [9.17, 15) is 9.90 Å². The van der Waals surface area contributed by atoms with Crippen LogP contribution < -0.4 is 4.90 Å². The number of aliphatic hydroxyl groups is 1. The number of aromatic nitrogens is 1. The molecule has 18 heavy (non-hydrogen) atoms. The second-order valence-electron chi connectivity index (χ2n) is 4.57. The summed E-state index contributed by atoms with van der Waals surface area (Å²) in [7, 11) is 0. The highest BCUT2D eigenvalue weighted by molar-refractivity contribution is 5.93. The molecule has 6 nitrogen and oxygen atoms in total. The third-order valence-corrected chi connectivity index (χ3v) is 2.85. The van der Waals surface area contributed by atoms with E-state index in [1.54, 1.807) is 12.1 Å². The molecule has 6 heteroatoms. The molecule has 1 aliphatic heterocycles. The number of aliphatic hydroxyl groups excluding tert-OH is 1. The number of rotatable bonds is 4. The molecule has 1 atom stereocenters. The van der Waals surface area contributed by atoms with Crippen molar-refractivity contribution in [2.24, 2.45) is 0 Å². The molecule has 1 aromatic heterocycles. The van der Waals surface area contributed by atoms with Crippen molar-refractivity contribution in [1.29, 1.82) is 0 Å². The van der Waals surface area contributed by atoms with E-state index in [0.29, 0.717) is 6.54 Å². The van der Waals surface area contributed by atoms with Crippen molar-refractivity contribution in [3.63, 3.8) is 0 Å². The topological polar surface area (TPSA) is 69.8 Å². The monoisotopic (exact) mass is 251 g/mol. The first-order chi connectivity index (χ1) is 8.54. The number of anilines is 1. The minimum atomic E-state index is -0.912. The number of urea groups is 1. The maximum absolute atomic E-state index is 12.0. The van der Waals surface area contributed by atoms with Gasteiger partial charge in [0.1, 0.15) is 0 Å². The molecule has 0 bridgehead atoms. The molecule has 0 aliphatic carbocycles. The normalized spacial score (nSPS) is 20.0. The standard InChI is InChI=1S/C12H17N3O3/c1-4-5-14-7-10(16)15(12(14)17)11-6-9(8(2)3)13-18-11/h4,6,8,10,16H,1,5,7H2,2-3H3. The first-order valence-corrected chi connectivity index (χ1v) is 5.88. The van der Waals surface area contributed by atoms with E-state index < -0.39 is 6.23 Å². The number of hydrogen-bond acceptors (Lipinski definition) is 4. The smallest absolute Gasteiger partial charge is 0.329 e. The molecule has 1 saturated heterocycles. The first-order valence-electron chi connectivity index (χ1n) is 5.88. The molecular weight excluding hydrogens is 234 g/mol. The fraction of sp³-hybridized carbons (Fsp3) is 0.500. The van der Waals surface area contributed by atoms with Gasteiger partial charge in [-0.2, -0.15) is 0 Å². The average molecular weight is 251 g/mol. The summed E-state index contributed by atoms with van der Waals surface area (Å²) < 4.78 is 5.12. The van der Waals surface area contributed by atoms with Gasteiger partial charge in [0.25, 0.3) is 0 Å². The van der Waals surface area contributed by atoms with Gasteiger partial charge in [0.05, 0.1) is 12.2 Å². The van der Waals surface area contributed by atoms with Crippen LogP contribution in [-0.4, -0.2) is 40.5 Å². The van der Waals surface area contributed by atoms with E-state index >= 15 is 0 Å². The van der Waals surface area contributed by atoms with Crippen LogP contribution in [0.15, 0.2) is 23.2 Å². The zero-order valence-electron chi connectivity index (χ0n) is 10.5. The highest BCUT2D eigenvalue weighted by Gasteiger charge is 2.38. The minimum absolute atomic E-state index is 0.210. The van der Waals surface area contributed by atoms with Crippen LogP contribution in [0.1, 0.15) is 25.5 Å². The first kappa shape index (κ1) is 12.6. The van der Waals surface area contributed by atoms with Crippen molar-refractivity contribution < 1.29 is 14.4 Å². The van der Waals surface area contributed by atoms with E-state index in [1.165, 1.54) is 9.80 Å². The van der Waals surface area contributed by atoms with E-state index in [-0.39, 0.29) is 24.4 Å². The Morgan fingerprint density at radius 3 is 3.00 bits per heavy atom. The summed E-state index contributed by atoms with van der Waals surface area (Å²) in [6, 6.07) is 1.39. The molecule has 98 valence electrons. The number of hydrogen-bond donors (Lipinski definition) is 1. The van der Waals surface area contributed by atoms with Crippen molar-refractivity contribution in [3.8, 4) is 0 Å². The third kappa shape index (κ3) is 2.11. The molecule has 0 aromatic carbocycles. The number of nitrogens with zero attached hydrogens (tertiary/aromatic N) is 3. The maximum atomic E-state index is 12.0. The molecule has 1 aromatic rings. The Labute approximate surface area is 105 Å². The predicted molar refractivity (Wildman–Crippen MR) is 66.2 cm³/mol. The molecule has 1 fully saturated rings. The second kappa shape index (κ2) is 4.81. The Morgan fingerprint density at radius 1 is 1.72 bits per heavy atom. The lowest BCUT2D eigenvalue weighted by molar-refractivity contribution is 0.176. The van der Waals surface area contributed by atoms with Gasteiger partial charge < -0.3 is 14.5 Å². The molecular formula is C12H17N3O3. The molecule has 1 N–H and O–H groups in total. The predicted octanol–water partition coefficient (Wildman–Crippen LogP) is 1.54. The van der Waals surface area contributed by atoms with E-state index in [0.717, 1.165) is 5.69 Å². The van der Waals surface area contributed by atoms with Crippen LogP contribution in [0.25, 0.3) is 0 Å². The summed E-state index contributed by atoms with van der Waals surface area (Å²) in [4.78, 5) is 14.7. The van der Waals surface area contributed by atoms with Crippen molar-refractivity contribution in [2.45, 2.75) is 26.0 Å². The van der Waals surface area contributed by atoms with Crippen molar-refractivity contribution >= 4 is 11.9 Å². The van der Waals surface area contributed by atoms with Gasteiger partial charge in [0.2, 0.25) is 5.88 Å². The van der Waals surface area contributed by atoms with Gasteiger partial charge in [-0.15, -0.1) is 6.58 Å². The van der Waals surface area contributed by atoms with E-state index in [2.05, 4.69) is 11.7 Å². The van der Waals surface area contributed by atoms with Gasteiger partial charge in [-0.1, -0.05) is 25.1 Å². The summed E-state index contributed by atoms with van der Waals surface area (Å²) >= 11 is 0. The average Bonchev–Trinajstić information content (AvgIpc) is 2.86. The van der Waals surface area contributed by atoms with Crippen LogP contribution in [0, 0.1) is 0 Å². The fourth-order valence-corrected chi connectivity index (χ4v) is 1.85. The number of amides is 2. The van der Waals surface area contributed by atoms with Gasteiger partial charge in [-0.25, -0.2) is 9.69 Å². The van der Waals surface area contributed by atoms with Crippen molar-refractivity contribution in [1.82, 2.24) is 10.1 Å². The lowest BCUT2D eigenvalue weighted by Crippen LogP contribution is -2.34. The quantitative estimate of drug-likeness (QED) is 0.824. The molecule has 0 spiro atoms. The summed E-state index contributed by atoms with van der Waals surface area (Å²) in [5, 5.41) is 13.8. The molecule has 2 amide bonds. The van der Waals surface area contributed by atoms with Crippen molar-refractivity contribution in [3.05, 3.63) is 24.4 Å². The van der Waals surface area contributed by atoms with Crippen LogP contribution in [0.2, 0.25) is 0 Å². The van der Waals surface area contributed by atoms with Gasteiger partial charge in [-0.05, 0) is 5.92 Å². The lowest BCUT2D eigenvalue weighted by atomic mass is 10.1. The van der Waals surface area contributed by atoms with Crippen LogP contribution >= 0.6 is 0 Å². The molecule has 1 unspecified atom stereocenters. The molecule has 0 radical (unpaired) electrons. The van der Waals surface area contributed by atoms with Crippen LogP contribution in [0.4, 0.5) is 10.7 Å². The SMILES string of the molecule is C=CCN1CC(O)N(c2cc(C(C)C)no2)C1=O. The van der Waals surface area contributed by atoms with Crippen LogP contribution in [-0.2, 0) is 0 Å². The van der Waals surface area contributed by atoms with Crippen molar-refractivity contribution in [2.75, 3.05) is 18.0 Å². The summed E-state index contributed by atoms with van der Waals surface area (Å²) in [6.07, 6.45) is 0.707. The van der Waals surface area contributed by atoms with E-state index in [4.69, 9.17) is 4.52 Å². The molecule has 0 saturated carbocycles. The molecule has 1 aliphatic rings. The zero-order chi connectivity index (χ0) is 13.3. The van der Waals surface area contributed by atoms with E-state index in [1.807, 2.05) is 13.8 Å². The minimum Gasteiger partial charge on any atom is -0.371 e. The lowest BCUT2D eigenvalue weighted by Gasteiger charge is -2.15. The van der Waals surface area contributed by atoms with Crippen LogP contribution in [0.3, 0.4) is 0 Å². The fourth-order valence-electron chi connectivity index (χ4n) is 1.85. The summed E-state index contributed by atoms with van der Waals surface area (Å²) in [6.45, 7) is 8.18. The number of carbonyl (C=O) groups is 1. The summed E-state index contributed by atoms with van der Waals surface area (Å²) in [5.74, 6) is 0.490. The van der Waals surface area contributed by atoms with Crippen LogP contribution in [0.5, 0.6) is 0 Å². The number of β-amino-alcohol motifs (C(OH)–C–C–N with tert-alkyl or cyclic N) is 1. The maximum Gasteiger partial charge on any atom is 0.329 e. The highest BCUT2D eigenvalue weighted by Crippen LogP contribution is 2.26. The molecule has 2 heterocycles. The van der Waals surface area contributed by atoms with Gasteiger partial charge in [0, 0.05) is 12.6 Å². The second-order valence-corrected chi connectivity index (χ2v) is 4.57. The Hall–Kier alpha value is -1.82. The summed E-state index contributed by atoms with van der Waals surface area (Å²) in [5.41, 5.74) is 0.757. The highest BCUT2D eigenvalue weighted by atomic mass is 16.5. The van der Waals surface area contributed by atoms with Gasteiger partial charge in [-0.3, -0.25) is 0 Å². The third-order valence-electron chi connectivity index (χ3n) is 2.85. The zero-order valence-corrected chi connectivity index (χ0v) is 10.5. The molecule has 2 rings (SSSR count). The number of carbonyl (C=O) groups excluding carboxylic acids is 1. The Balaban J connectivity index is 2.21. The Bertz CT molecular complexity index is 455. The largest absolute Gasteiger partial charge is 0.371 e. The Kier molecular flexibility index (Phi) is 3.38. The van der Waals surface area contributed by atoms with Gasteiger partial charge in [0.15, 0.2) is 6.23 Å². The Morgan fingerprint density at radius 2 is 2.44 bits per heavy atom. The van der Waals surface area contributed by atoms with Gasteiger partial charge >= 0.3 is 6.03 Å².